The monoisotopic (exact) mass is 124 g/mol. The van der Waals surface area contributed by atoms with Crippen LogP contribution in [0.25, 0.3) is 0 Å². The van der Waals surface area contributed by atoms with E-state index in [1.54, 1.807) is 12.3 Å². The van der Waals surface area contributed by atoms with E-state index in [-0.39, 0.29) is 0 Å². The van der Waals surface area contributed by atoms with Gasteiger partial charge in [0.25, 0.3) is 0 Å². The van der Waals surface area contributed by atoms with Gasteiger partial charge in [-0.05, 0) is 12.5 Å². The molecule has 0 saturated heterocycles. The third-order valence-corrected chi connectivity index (χ3v) is 0.982. The van der Waals surface area contributed by atoms with Crippen LogP contribution in [-0.2, 0) is 0 Å². The molecular formula is C6H8N2O. The molecular weight excluding hydrogens is 116 g/mol. The lowest BCUT2D eigenvalue weighted by Gasteiger charge is -1.86. The zero-order chi connectivity index (χ0) is 6.69. The van der Waals surface area contributed by atoms with Gasteiger partial charge in [-0.3, -0.25) is 0 Å². The lowest BCUT2D eigenvalue weighted by Crippen LogP contribution is -2.02. The topological polar surface area (TPSA) is 51.5 Å². The highest BCUT2D eigenvalue weighted by Crippen LogP contribution is 1.88. The van der Waals surface area contributed by atoms with Crippen LogP contribution in [0.4, 0.5) is 0 Å². The molecule has 3 heteroatoms. The lowest BCUT2D eigenvalue weighted by atomic mass is 10.3. The van der Waals surface area contributed by atoms with E-state index in [0.29, 0.717) is 5.55 Å². The molecule has 0 saturated carbocycles. The van der Waals surface area contributed by atoms with Crippen LogP contribution in [0.5, 0.6) is 0 Å². The number of aryl methyl sites for hydroxylation is 1. The molecule has 0 radical (unpaired) electrons. The van der Waals surface area contributed by atoms with Crippen molar-refractivity contribution >= 4 is 0 Å². The summed E-state index contributed by atoms with van der Waals surface area (Å²) >= 11 is 0. The molecule has 2 N–H and O–H groups in total. The molecule has 0 unspecified atom stereocenters. The van der Waals surface area contributed by atoms with Crippen molar-refractivity contribution < 1.29 is 4.42 Å². The summed E-state index contributed by atoms with van der Waals surface area (Å²) in [6.45, 7) is 1.93. The Kier molecular flexibility index (Phi) is 1.53. The van der Waals surface area contributed by atoms with Crippen LogP contribution in [0, 0.1) is 6.92 Å². The molecule has 1 aromatic heterocycles. The van der Waals surface area contributed by atoms with Crippen LogP contribution >= 0.6 is 0 Å². The fraction of sp³-hybridized carbons (Fsp3) is 0.167. The van der Waals surface area contributed by atoms with E-state index in [9.17, 15) is 0 Å². The number of hydrogen-bond acceptors (Lipinski definition) is 3. The number of nitrogens with two attached hydrogens (primary N) is 1. The molecule has 0 aliphatic carbocycles. The normalized spacial score (nSPS) is 11.9. The Labute approximate surface area is 52.8 Å². The van der Waals surface area contributed by atoms with Crippen LogP contribution < -0.4 is 11.4 Å². The molecule has 0 bridgehead atoms. The van der Waals surface area contributed by atoms with E-state index in [4.69, 9.17) is 10.3 Å². The second kappa shape index (κ2) is 2.35. The third kappa shape index (κ3) is 1.32. The van der Waals surface area contributed by atoms with Crippen LogP contribution in [0.2, 0.25) is 0 Å². The molecule has 0 atom stereocenters. The van der Waals surface area contributed by atoms with Crippen LogP contribution in [0.3, 0.4) is 0 Å². The van der Waals surface area contributed by atoms with Crippen LogP contribution in [0.15, 0.2) is 27.9 Å². The van der Waals surface area contributed by atoms with Crippen molar-refractivity contribution in [1.82, 2.24) is 0 Å². The van der Waals surface area contributed by atoms with Crippen molar-refractivity contribution in [3.63, 3.8) is 0 Å². The van der Waals surface area contributed by atoms with E-state index < -0.39 is 0 Å². The van der Waals surface area contributed by atoms with Gasteiger partial charge in [-0.15, -0.1) is 5.10 Å². The molecule has 0 fully saturated rings. The van der Waals surface area contributed by atoms with E-state index in [1.807, 2.05) is 13.0 Å². The van der Waals surface area contributed by atoms with Crippen molar-refractivity contribution in [2.45, 2.75) is 6.92 Å². The van der Waals surface area contributed by atoms with Crippen molar-refractivity contribution in [3.8, 4) is 0 Å². The van der Waals surface area contributed by atoms with E-state index >= 15 is 0 Å². The summed E-state index contributed by atoms with van der Waals surface area (Å²) in [6.07, 6.45) is 1.60. The second-order valence-corrected chi connectivity index (χ2v) is 1.78. The van der Waals surface area contributed by atoms with E-state index in [1.165, 1.54) is 0 Å². The number of rotatable bonds is 0. The van der Waals surface area contributed by atoms with Gasteiger partial charge in [-0.25, -0.2) is 0 Å². The van der Waals surface area contributed by atoms with Crippen molar-refractivity contribution in [3.05, 3.63) is 29.5 Å². The van der Waals surface area contributed by atoms with E-state index in [2.05, 4.69) is 5.10 Å². The molecule has 1 aromatic rings. The predicted octanol–water partition coefficient (Wildman–Crippen LogP) is 0.362. The van der Waals surface area contributed by atoms with Crippen LogP contribution in [0.1, 0.15) is 5.56 Å². The van der Waals surface area contributed by atoms with Gasteiger partial charge in [0.05, 0.1) is 6.26 Å². The zero-order valence-corrected chi connectivity index (χ0v) is 5.16. The second-order valence-electron chi connectivity index (χ2n) is 1.78. The molecule has 0 aliphatic rings. The highest BCUT2D eigenvalue weighted by molar-refractivity contribution is 5.01. The minimum Gasteiger partial charge on any atom is -0.445 e. The van der Waals surface area contributed by atoms with Gasteiger partial charge < -0.3 is 10.3 Å². The summed E-state index contributed by atoms with van der Waals surface area (Å²) in [7, 11) is 0. The maximum atomic E-state index is 4.93. The molecule has 0 aliphatic heterocycles. The molecule has 3 nitrogen and oxygen atoms in total. The minimum absolute atomic E-state index is 0.445. The first-order valence-corrected chi connectivity index (χ1v) is 2.62. The Balaban J connectivity index is 3.17. The maximum absolute atomic E-state index is 4.93. The highest BCUT2D eigenvalue weighted by Gasteiger charge is 1.81. The fourth-order valence-electron chi connectivity index (χ4n) is 0.508. The van der Waals surface area contributed by atoms with Gasteiger partial charge in [0.1, 0.15) is 0 Å². The number of hydrogen-bond donors (Lipinski definition) is 1. The standard InChI is InChI=1S/C6H8N2O/c1-5-2-3-6(8-7)9-4-5/h2-4H,7H2,1H3. The summed E-state index contributed by atoms with van der Waals surface area (Å²) in [4.78, 5) is 0. The van der Waals surface area contributed by atoms with Gasteiger partial charge in [0.15, 0.2) is 0 Å². The summed E-state index contributed by atoms with van der Waals surface area (Å²) < 4.78 is 4.92. The zero-order valence-electron chi connectivity index (χ0n) is 5.16. The molecule has 1 rings (SSSR count). The number of nitrogens with zero attached hydrogens (tertiary/aromatic N) is 1. The smallest absolute Gasteiger partial charge is 0.235 e. The Hall–Kier alpha value is -1.25. The Bertz CT molecular complexity index is 231. The lowest BCUT2D eigenvalue weighted by molar-refractivity contribution is 0.486. The van der Waals surface area contributed by atoms with Gasteiger partial charge in [0.2, 0.25) is 5.55 Å². The highest BCUT2D eigenvalue weighted by atomic mass is 16.3. The first-order valence-electron chi connectivity index (χ1n) is 2.62. The molecule has 0 spiro atoms. The van der Waals surface area contributed by atoms with Crippen LogP contribution in [-0.4, -0.2) is 0 Å². The predicted molar refractivity (Wildman–Crippen MR) is 33.2 cm³/mol. The molecule has 0 amide bonds. The Morgan fingerprint density at radius 1 is 1.56 bits per heavy atom. The van der Waals surface area contributed by atoms with Crippen molar-refractivity contribution in [2.75, 3.05) is 0 Å². The first-order chi connectivity index (χ1) is 4.33. The van der Waals surface area contributed by atoms with E-state index in [0.717, 1.165) is 5.56 Å². The minimum atomic E-state index is 0.445. The SMILES string of the molecule is Cc1ccc(=NN)oc1. The first kappa shape index (κ1) is 5.88. The van der Waals surface area contributed by atoms with Crippen molar-refractivity contribution in [1.29, 1.82) is 0 Å². The maximum Gasteiger partial charge on any atom is 0.235 e. The quantitative estimate of drug-likeness (QED) is 0.401. The fourth-order valence-corrected chi connectivity index (χ4v) is 0.508. The molecule has 1 heterocycles. The Morgan fingerprint density at radius 3 is 2.78 bits per heavy atom. The van der Waals surface area contributed by atoms with Gasteiger partial charge >= 0.3 is 0 Å². The summed E-state index contributed by atoms with van der Waals surface area (Å²) in [5.74, 6) is 4.93. The summed E-state index contributed by atoms with van der Waals surface area (Å²) in [6, 6.07) is 3.60. The third-order valence-electron chi connectivity index (χ3n) is 0.982. The Morgan fingerprint density at radius 2 is 2.33 bits per heavy atom. The van der Waals surface area contributed by atoms with Gasteiger partial charge in [-0.2, -0.15) is 0 Å². The summed E-state index contributed by atoms with van der Waals surface area (Å²) in [5, 5.41) is 3.34. The largest absolute Gasteiger partial charge is 0.445 e. The molecule has 48 valence electrons. The molecule has 9 heavy (non-hydrogen) atoms. The van der Waals surface area contributed by atoms with Crippen molar-refractivity contribution in [2.24, 2.45) is 10.9 Å². The average molecular weight is 124 g/mol. The average Bonchev–Trinajstić information content (AvgIpc) is 1.90. The van der Waals surface area contributed by atoms with Gasteiger partial charge in [-0.1, -0.05) is 6.07 Å². The van der Waals surface area contributed by atoms with Gasteiger partial charge in [0, 0.05) is 6.07 Å². The molecule has 0 aromatic carbocycles. The summed E-state index contributed by atoms with van der Waals surface area (Å²) in [5.41, 5.74) is 1.50.